The molecule has 0 spiro atoms. The number of aromatic nitrogens is 1. The number of hydrogen-bond donors (Lipinski definition) is 0. The van der Waals surface area contributed by atoms with Crippen LogP contribution in [0.25, 0.3) is 10.9 Å². The lowest BCUT2D eigenvalue weighted by Gasteiger charge is -2.33. The van der Waals surface area contributed by atoms with E-state index in [9.17, 15) is 0 Å². The summed E-state index contributed by atoms with van der Waals surface area (Å²) in [6.07, 6.45) is 3.59. The molecule has 2 heterocycles. The third-order valence-electron chi connectivity index (χ3n) is 6.45. The van der Waals surface area contributed by atoms with Gasteiger partial charge in [0, 0.05) is 18.5 Å². The lowest BCUT2D eigenvalue weighted by Crippen LogP contribution is -2.34. The van der Waals surface area contributed by atoms with Gasteiger partial charge < -0.3 is 9.64 Å². The number of aryl methyl sites for hydroxylation is 1. The number of piperidine rings is 1. The maximum atomic E-state index is 6.21. The van der Waals surface area contributed by atoms with Crippen molar-refractivity contribution in [3.05, 3.63) is 102 Å². The van der Waals surface area contributed by atoms with Gasteiger partial charge in [0.2, 0.25) is 0 Å². The molecule has 1 aromatic heterocycles. The molecule has 0 amide bonds. The number of ether oxygens (including phenoxy) is 1. The number of hydrogen-bond acceptors (Lipinski definition) is 3. The largest absolute Gasteiger partial charge is 0.487 e. The molecule has 3 heteroatoms. The molecule has 162 valence electrons. The maximum absolute atomic E-state index is 6.21. The number of anilines is 1. The first-order valence-corrected chi connectivity index (χ1v) is 11.6. The summed E-state index contributed by atoms with van der Waals surface area (Å²) in [4.78, 5) is 7.47. The molecular formula is C29H30N2O. The van der Waals surface area contributed by atoms with Crippen molar-refractivity contribution in [3.63, 3.8) is 0 Å². The van der Waals surface area contributed by atoms with Crippen molar-refractivity contribution in [1.82, 2.24) is 4.98 Å². The second kappa shape index (κ2) is 9.44. The van der Waals surface area contributed by atoms with Gasteiger partial charge in [0.25, 0.3) is 0 Å². The first kappa shape index (κ1) is 20.6. The van der Waals surface area contributed by atoms with Crippen molar-refractivity contribution in [3.8, 4) is 5.75 Å². The minimum Gasteiger partial charge on any atom is -0.487 e. The van der Waals surface area contributed by atoms with Gasteiger partial charge in [-0.1, -0.05) is 72.3 Å². The zero-order chi connectivity index (χ0) is 21.8. The van der Waals surface area contributed by atoms with Gasteiger partial charge >= 0.3 is 0 Å². The van der Waals surface area contributed by atoms with Crippen molar-refractivity contribution in [2.45, 2.75) is 32.8 Å². The first-order valence-electron chi connectivity index (χ1n) is 11.6. The Morgan fingerprint density at radius 3 is 2.44 bits per heavy atom. The summed E-state index contributed by atoms with van der Waals surface area (Å²) in [5.41, 5.74) is 4.83. The molecular weight excluding hydrogens is 392 g/mol. The van der Waals surface area contributed by atoms with Gasteiger partial charge in [0.05, 0.1) is 0 Å². The fraction of sp³-hybridized carbons (Fsp3) is 0.276. The van der Waals surface area contributed by atoms with E-state index >= 15 is 0 Å². The minimum absolute atomic E-state index is 0.553. The van der Waals surface area contributed by atoms with Crippen LogP contribution < -0.4 is 9.64 Å². The van der Waals surface area contributed by atoms with Crippen LogP contribution in [0.15, 0.2) is 84.9 Å². The van der Waals surface area contributed by atoms with E-state index in [0.29, 0.717) is 6.61 Å². The molecule has 1 saturated heterocycles. The van der Waals surface area contributed by atoms with Crippen LogP contribution in [0, 0.1) is 12.8 Å². The Morgan fingerprint density at radius 2 is 1.62 bits per heavy atom. The third kappa shape index (κ3) is 4.77. The molecule has 1 aliphatic rings. The molecule has 5 rings (SSSR count). The highest BCUT2D eigenvalue weighted by atomic mass is 16.5. The van der Waals surface area contributed by atoms with Gasteiger partial charge in [-0.2, -0.15) is 0 Å². The van der Waals surface area contributed by atoms with Crippen molar-refractivity contribution >= 4 is 16.7 Å². The van der Waals surface area contributed by atoms with E-state index in [0.717, 1.165) is 41.5 Å². The monoisotopic (exact) mass is 422 g/mol. The van der Waals surface area contributed by atoms with Gasteiger partial charge in [0.1, 0.15) is 23.7 Å². The molecule has 0 atom stereocenters. The number of rotatable bonds is 6. The molecule has 3 nitrogen and oxygen atoms in total. The van der Waals surface area contributed by atoms with E-state index in [1.165, 1.54) is 36.0 Å². The second-order valence-corrected chi connectivity index (χ2v) is 8.90. The zero-order valence-corrected chi connectivity index (χ0v) is 18.7. The molecule has 0 aliphatic carbocycles. The molecule has 4 aromatic rings. The van der Waals surface area contributed by atoms with E-state index in [2.05, 4.69) is 84.6 Å². The number of nitrogens with zero attached hydrogens (tertiary/aromatic N) is 2. The van der Waals surface area contributed by atoms with Crippen LogP contribution >= 0.6 is 0 Å². The third-order valence-corrected chi connectivity index (χ3v) is 6.45. The fourth-order valence-corrected chi connectivity index (χ4v) is 4.68. The number of benzene rings is 3. The van der Waals surface area contributed by atoms with Gasteiger partial charge in [0.15, 0.2) is 0 Å². The lowest BCUT2D eigenvalue weighted by atomic mass is 9.90. The van der Waals surface area contributed by atoms with Crippen LogP contribution in [0.4, 0.5) is 5.82 Å². The lowest BCUT2D eigenvalue weighted by molar-refractivity contribution is 0.309. The Balaban J connectivity index is 1.28. The van der Waals surface area contributed by atoms with E-state index < -0.39 is 0 Å². The molecule has 0 bridgehead atoms. The summed E-state index contributed by atoms with van der Waals surface area (Å²) >= 11 is 0. The minimum atomic E-state index is 0.553. The SMILES string of the molecule is Cc1cccc(COc2cccc3ccc(N4CCC(Cc5ccccc5)CC4)nc23)c1. The molecule has 3 aromatic carbocycles. The average Bonchev–Trinajstić information content (AvgIpc) is 2.84. The molecule has 1 fully saturated rings. The predicted molar refractivity (Wildman–Crippen MR) is 132 cm³/mol. The molecule has 32 heavy (non-hydrogen) atoms. The van der Waals surface area contributed by atoms with Crippen LogP contribution in [-0.4, -0.2) is 18.1 Å². The van der Waals surface area contributed by atoms with Crippen molar-refractivity contribution in [1.29, 1.82) is 0 Å². The average molecular weight is 423 g/mol. The molecule has 0 N–H and O–H groups in total. The van der Waals surface area contributed by atoms with Crippen molar-refractivity contribution in [2.75, 3.05) is 18.0 Å². The van der Waals surface area contributed by atoms with E-state index in [-0.39, 0.29) is 0 Å². The summed E-state index contributed by atoms with van der Waals surface area (Å²) in [5.74, 6) is 2.66. The van der Waals surface area contributed by atoms with E-state index in [1.807, 2.05) is 12.1 Å². The summed E-state index contributed by atoms with van der Waals surface area (Å²) in [6, 6.07) is 29.8. The highest BCUT2D eigenvalue weighted by Gasteiger charge is 2.21. The van der Waals surface area contributed by atoms with Crippen LogP contribution in [-0.2, 0) is 13.0 Å². The van der Waals surface area contributed by atoms with E-state index in [1.54, 1.807) is 0 Å². The Hall–Kier alpha value is -3.33. The van der Waals surface area contributed by atoms with Crippen molar-refractivity contribution < 1.29 is 4.74 Å². The topological polar surface area (TPSA) is 25.4 Å². The van der Waals surface area contributed by atoms with Crippen LogP contribution in [0.1, 0.15) is 29.5 Å². The smallest absolute Gasteiger partial charge is 0.146 e. The predicted octanol–water partition coefficient (Wildman–Crippen LogP) is 6.58. The highest BCUT2D eigenvalue weighted by Crippen LogP contribution is 2.30. The number of para-hydroxylation sites is 1. The van der Waals surface area contributed by atoms with Gasteiger partial charge in [-0.3, -0.25) is 0 Å². The summed E-state index contributed by atoms with van der Waals surface area (Å²) in [5, 5.41) is 1.12. The van der Waals surface area contributed by atoms with E-state index in [4.69, 9.17) is 9.72 Å². The summed E-state index contributed by atoms with van der Waals surface area (Å²) < 4.78 is 6.21. The van der Waals surface area contributed by atoms with Crippen LogP contribution in [0.3, 0.4) is 0 Å². The molecule has 1 aliphatic heterocycles. The number of pyridine rings is 1. The van der Waals surface area contributed by atoms with Gasteiger partial charge in [-0.25, -0.2) is 4.98 Å². The standard InChI is InChI=1S/C29H30N2O/c1-22-7-5-10-25(19-22)21-32-27-12-6-11-26-13-14-28(30-29(26)27)31-17-15-24(16-18-31)20-23-8-3-2-4-9-23/h2-14,19,24H,15-18,20-21H2,1H3. The second-order valence-electron chi connectivity index (χ2n) is 8.90. The highest BCUT2D eigenvalue weighted by molar-refractivity contribution is 5.86. The number of fused-ring (bicyclic) bond motifs is 1. The maximum Gasteiger partial charge on any atom is 0.146 e. The summed E-state index contributed by atoms with van der Waals surface area (Å²) in [7, 11) is 0. The van der Waals surface area contributed by atoms with Gasteiger partial charge in [-0.15, -0.1) is 0 Å². The fourth-order valence-electron chi connectivity index (χ4n) is 4.68. The molecule has 0 radical (unpaired) electrons. The Kier molecular flexibility index (Phi) is 6.06. The Bertz CT molecular complexity index is 1180. The molecule has 0 saturated carbocycles. The quantitative estimate of drug-likeness (QED) is 0.351. The molecule has 0 unspecified atom stereocenters. The zero-order valence-electron chi connectivity index (χ0n) is 18.7. The van der Waals surface area contributed by atoms with Gasteiger partial charge in [-0.05, 0) is 61.4 Å². The summed E-state index contributed by atoms with van der Waals surface area (Å²) in [6.45, 7) is 4.78. The Morgan fingerprint density at radius 1 is 0.844 bits per heavy atom. The van der Waals surface area contributed by atoms with Crippen LogP contribution in [0.2, 0.25) is 0 Å². The van der Waals surface area contributed by atoms with Crippen LogP contribution in [0.5, 0.6) is 5.75 Å². The first-order chi connectivity index (χ1) is 15.7. The Labute approximate surface area is 190 Å². The van der Waals surface area contributed by atoms with Crippen molar-refractivity contribution in [2.24, 2.45) is 5.92 Å². The normalized spacial score (nSPS) is 14.6.